The number of halogens is 1. The number of hydrogen-bond donors (Lipinski definition) is 0. The molecule has 0 spiro atoms. The van der Waals surface area contributed by atoms with Crippen LogP contribution in [0.3, 0.4) is 0 Å². The van der Waals surface area contributed by atoms with Gasteiger partial charge in [0.2, 0.25) is 0 Å². The van der Waals surface area contributed by atoms with E-state index in [0.29, 0.717) is 0 Å². The van der Waals surface area contributed by atoms with Crippen molar-refractivity contribution in [1.29, 1.82) is 0 Å². The van der Waals surface area contributed by atoms with Gasteiger partial charge in [-0.1, -0.05) is 0 Å². The average Bonchev–Trinajstić information content (AvgIpc) is 2.93. The molecular weight excluding hydrogens is 287 g/mol. The van der Waals surface area contributed by atoms with Crippen LogP contribution in [-0.4, -0.2) is 9.55 Å². The van der Waals surface area contributed by atoms with Gasteiger partial charge in [0.05, 0.1) is 11.0 Å². The molecule has 72 valence electrons. The molecule has 1 aliphatic rings. The van der Waals surface area contributed by atoms with Gasteiger partial charge in [-0.15, -0.1) is 0 Å². The Morgan fingerprint density at radius 2 is 2.21 bits per heavy atom. The smallest absolute Gasteiger partial charge is 0.112 e. The summed E-state index contributed by atoms with van der Waals surface area (Å²) in [7, 11) is 2.12. The number of benzene rings is 1. The van der Waals surface area contributed by atoms with Gasteiger partial charge in [-0.3, -0.25) is 0 Å². The fourth-order valence-electron chi connectivity index (χ4n) is 1.90. The molecule has 1 heterocycles. The predicted octanol–water partition coefficient (Wildman–Crippen LogP) is 3.06. The van der Waals surface area contributed by atoms with Crippen LogP contribution in [0.5, 0.6) is 0 Å². The van der Waals surface area contributed by atoms with Crippen LogP contribution >= 0.6 is 22.6 Å². The maximum absolute atomic E-state index is 4.69. The third kappa shape index (κ3) is 1.26. The van der Waals surface area contributed by atoms with E-state index in [0.717, 1.165) is 11.4 Å². The number of aromatic nitrogens is 2. The van der Waals surface area contributed by atoms with Crippen molar-refractivity contribution in [1.82, 2.24) is 9.55 Å². The molecule has 1 aliphatic carbocycles. The van der Waals surface area contributed by atoms with Crippen LogP contribution in [0.4, 0.5) is 0 Å². The third-order valence-corrected chi connectivity index (χ3v) is 3.49. The monoisotopic (exact) mass is 298 g/mol. The van der Waals surface area contributed by atoms with Crippen molar-refractivity contribution in [3.63, 3.8) is 0 Å². The van der Waals surface area contributed by atoms with Crippen molar-refractivity contribution in [2.75, 3.05) is 0 Å². The second kappa shape index (κ2) is 2.95. The Balaban J connectivity index is 2.28. The summed E-state index contributed by atoms with van der Waals surface area (Å²) in [6.07, 6.45) is 2.63. The molecule has 1 aromatic carbocycles. The Morgan fingerprint density at radius 3 is 2.93 bits per heavy atom. The largest absolute Gasteiger partial charge is 0.331 e. The summed E-state index contributed by atoms with van der Waals surface area (Å²) in [6.45, 7) is 0. The van der Waals surface area contributed by atoms with Crippen molar-refractivity contribution in [3.8, 4) is 0 Å². The van der Waals surface area contributed by atoms with Crippen LogP contribution in [0.1, 0.15) is 24.6 Å². The van der Waals surface area contributed by atoms with Gasteiger partial charge >= 0.3 is 0 Å². The van der Waals surface area contributed by atoms with Crippen molar-refractivity contribution in [2.45, 2.75) is 18.8 Å². The Hall–Kier alpha value is -0.580. The highest BCUT2D eigenvalue weighted by Crippen LogP contribution is 2.40. The first-order valence-electron chi connectivity index (χ1n) is 4.87. The zero-order valence-corrected chi connectivity index (χ0v) is 10.2. The number of nitrogens with zero attached hydrogens (tertiary/aromatic N) is 2. The summed E-state index contributed by atoms with van der Waals surface area (Å²) in [5, 5.41) is 0. The standard InChI is InChI=1S/C11H11IN2/c1-14-10-5-4-8(12)6-9(10)13-11(14)7-2-3-7/h4-7H,2-3H2,1H3. The Labute approximate surface area is 96.5 Å². The Morgan fingerprint density at radius 1 is 1.43 bits per heavy atom. The van der Waals surface area contributed by atoms with Gasteiger partial charge in [0.1, 0.15) is 5.82 Å². The highest BCUT2D eigenvalue weighted by Gasteiger charge is 2.28. The summed E-state index contributed by atoms with van der Waals surface area (Å²) >= 11 is 2.33. The van der Waals surface area contributed by atoms with Crippen LogP contribution in [0.15, 0.2) is 18.2 Å². The molecule has 3 heteroatoms. The van der Waals surface area contributed by atoms with E-state index in [9.17, 15) is 0 Å². The van der Waals surface area contributed by atoms with Crippen molar-refractivity contribution >= 4 is 33.6 Å². The van der Waals surface area contributed by atoms with E-state index >= 15 is 0 Å². The number of rotatable bonds is 1. The van der Waals surface area contributed by atoms with E-state index in [1.54, 1.807) is 0 Å². The molecular formula is C11H11IN2. The lowest BCUT2D eigenvalue weighted by Crippen LogP contribution is -1.94. The molecule has 0 unspecified atom stereocenters. The highest BCUT2D eigenvalue weighted by molar-refractivity contribution is 14.1. The van der Waals surface area contributed by atoms with E-state index in [1.165, 1.54) is 27.8 Å². The summed E-state index contributed by atoms with van der Waals surface area (Å²) in [6, 6.07) is 6.46. The molecule has 3 rings (SSSR count). The van der Waals surface area contributed by atoms with Crippen molar-refractivity contribution in [2.24, 2.45) is 7.05 Å². The number of imidazole rings is 1. The molecule has 0 amide bonds. The fraction of sp³-hybridized carbons (Fsp3) is 0.364. The normalized spacial score (nSPS) is 16.4. The zero-order valence-electron chi connectivity index (χ0n) is 8.00. The van der Waals surface area contributed by atoms with Gasteiger partial charge in [0, 0.05) is 16.5 Å². The molecule has 14 heavy (non-hydrogen) atoms. The summed E-state index contributed by atoms with van der Waals surface area (Å²) in [4.78, 5) is 4.69. The van der Waals surface area contributed by atoms with Crippen molar-refractivity contribution in [3.05, 3.63) is 27.6 Å². The first-order chi connectivity index (χ1) is 6.75. The van der Waals surface area contributed by atoms with Gasteiger partial charge in [-0.2, -0.15) is 0 Å². The molecule has 0 saturated heterocycles. The van der Waals surface area contributed by atoms with E-state index in [-0.39, 0.29) is 0 Å². The SMILES string of the molecule is Cn1c(C2CC2)nc2cc(I)ccc21. The molecule has 2 nitrogen and oxygen atoms in total. The van der Waals surface area contributed by atoms with Gasteiger partial charge in [-0.25, -0.2) is 4.98 Å². The minimum atomic E-state index is 0.727. The first kappa shape index (κ1) is 8.71. The van der Waals surface area contributed by atoms with Crippen LogP contribution < -0.4 is 0 Å². The quantitative estimate of drug-likeness (QED) is 0.740. The lowest BCUT2D eigenvalue weighted by molar-refractivity contribution is 0.820. The van der Waals surface area contributed by atoms with Gasteiger partial charge in [0.25, 0.3) is 0 Å². The molecule has 0 bridgehead atoms. The molecule has 0 atom stereocenters. The lowest BCUT2D eigenvalue weighted by Gasteiger charge is -1.98. The first-order valence-corrected chi connectivity index (χ1v) is 5.95. The number of hydrogen-bond acceptors (Lipinski definition) is 1. The average molecular weight is 298 g/mol. The minimum Gasteiger partial charge on any atom is -0.331 e. The Bertz CT molecular complexity index is 497. The van der Waals surface area contributed by atoms with Crippen LogP contribution in [0.25, 0.3) is 11.0 Å². The molecule has 0 radical (unpaired) electrons. The fourth-order valence-corrected chi connectivity index (χ4v) is 2.37. The second-order valence-electron chi connectivity index (χ2n) is 3.94. The topological polar surface area (TPSA) is 17.8 Å². The van der Waals surface area contributed by atoms with Gasteiger partial charge < -0.3 is 4.57 Å². The minimum absolute atomic E-state index is 0.727. The highest BCUT2D eigenvalue weighted by atomic mass is 127. The van der Waals surface area contributed by atoms with E-state index in [1.807, 2.05) is 0 Å². The maximum Gasteiger partial charge on any atom is 0.112 e. The third-order valence-electron chi connectivity index (χ3n) is 2.82. The summed E-state index contributed by atoms with van der Waals surface area (Å²) in [5.74, 6) is 1.99. The Kier molecular flexibility index (Phi) is 1.84. The van der Waals surface area contributed by atoms with E-state index in [4.69, 9.17) is 4.98 Å². The van der Waals surface area contributed by atoms with Crippen LogP contribution in [-0.2, 0) is 7.05 Å². The molecule has 0 aliphatic heterocycles. The van der Waals surface area contributed by atoms with Crippen molar-refractivity contribution < 1.29 is 0 Å². The number of aryl methyl sites for hydroxylation is 1. The van der Waals surface area contributed by atoms with E-state index in [2.05, 4.69) is 52.4 Å². The molecule has 0 N–H and O–H groups in total. The summed E-state index contributed by atoms with van der Waals surface area (Å²) in [5.41, 5.74) is 2.40. The number of fused-ring (bicyclic) bond motifs is 1. The predicted molar refractivity (Wildman–Crippen MR) is 65.4 cm³/mol. The van der Waals surface area contributed by atoms with Gasteiger partial charge in [0.15, 0.2) is 0 Å². The molecule has 1 aromatic heterocycles. The lowest BCUT2D eigenvalue weighted by atomic mass is 10.3. The maximum atomic E-state index is 4.69. The summed E-state index contributed by atoms with van der Waals surface area (Å²) < 4.78 is 3.50. The second-order valence-corrected chi connectivity index (χ2v) is 5.18. The molecule has 1 fully saturated rings. The van der Waals surface area contributed by atoms with Crippen LogP contribution in [0.2, 0.25) is 0 Å². The zero-order chi connectivity index (χ0) is 9.71. The van der Waals surface area contributed by atoms with E-state index < -0.39 is 0 Å². The molecule has 2 aromatic rings. The van der Waals surface area contributed by atoms with Gasteiger partial charge in [-0.05, 0) is 53.6 Å². The van der Waals surface area contributed by atoms with Crippen LogP contribution in [0, 0.1) is 3.57 Å². The molecule has 1 saturated carbocycles.